The molecule has 0 atom stereocenters. The van der Waals surface area contributed by atoms with Crippen molar-refractivity contribution in [2.75, 3.05) is 19.6 Å². The molecule has 1 aromatic rings. The van der Waals surface area contributed by atoms with E-state index in [0.29, 0.717) is 12.1 Å². The smallest absolute Gasteiger partial charge is 0.254 e. The topological polar surface area (TPSA) is 57.7 Å². The summed E-state index contributed by atoms with van der Waals surface area (Å²) >= 11 is 0. The van der Waals surface area contributed by atoms with E-state index >= 15 is 0 Å². The molecule has 1 aromatic carbocycles. The molecule has 2 rings (SSSR count). The fraction of sp³-hybridized carbons (Fsp3) is 0.214. The summed E-state index contributed by atoms with van der Waals surface area (Å²) in [6.45, 7) is 3.83. The van der Waals surface area contributed by atoms with Crippen LogP contribution in [0.25, 0.3) is 0 Å². The zero-order valence-electron chi connectivity index (χ0n) is 10.4. The van der Waals surface area contributed by atoms with Gasteiger partial charge in [-0.3, -0.25) is 19.3 Å². The lowest BCUT2D eigenvalue weighted by Gasteiger charge is -2.32. The zero-order valence-corrected chi connectivity index (χ0v) is 10.4. The Morgan fingerprint density at radius 1 is 1.16 bits per heavy atom. The summed E-state index contributed by atoms with van der Waals surface area (Å²) in [5.41, 5.74) is 0.541. The van der Waals surface area contributed by atoms with E-state index in [1.165, 1.54) is 4.90 Å². The molecule has 0 aromatic heterocycles. The van der Waals surface area contributed by atoms with Crippen LogP contribution in [0.3, 0.4) is 0 Å². The molecule has 0 radical (unpaired) electrons. The second kappa shape index (κ2) is 5.48. The number of amides is 3. The fourth-order valence-corrected chi connectivity index (χ4v) is 1.95. The molecule has 19 heavy (non-hydrogen) atoms. The maximum Gasteiger partial charge on any atom is 0.254 e. The molecule has 1 aliphatic rings. The van der Waals surface area contributed by atoms with Gasteiger partial charge in [0.15, 0.2) is 0 Å². The molecule has 0 aliphatic carbocycles. The number of hydrogen-bond acceptors (Lipinski definition) is 3. The van der Waals surface area contributed by atoms with E-state index in [2.05, 4.69) is 6.58 Å². The molecule has 0 saturated carbocycles. The number of carbonyl (C=O) groups is 3. The Kier molecular flexibility index (Phi) is 3.75. The Hall–Kier alpha value is -2.43. The summed E-state index contributed by atoms with van der Waals surface area (Å²) in [5, 5.41) is 0. The Balaban J connectivity index is 2.06. The summed E-state index contributed by atoms with van der Waals surface area (Å²) < 4.78 is 0. The highest BCUT2D eigenvalue weighted by molar-refractivity contribution is 6.04. The van der Waals surface area contributed by atoms with Gasteiger partial charge in [-0.25, -0.2) is 0 Å². The van der Waals surface area contributed by atoms with Crippen LogP contribution in [-0.4, -0.2) is 47.2 Å². The summed E-state index contributed by atoms with van der Waals surface area (Å²) in [4.78, 5) is 37.9. The third-order valence-electron chi connectivity index (χ3n) is 2.97. The van der Waals surface area contributed by atoms with Crippen molar-refractivity contribution in [2.45, 2.75) is 0 Å². The molecular weight excluding hydrogens is 244 g/mol. The third kappa shape index (κ3) is 2.70. The van der Waals surface area contributed by atoms with E-state index in [0.717, 1.165) is 11.0 Å². The Labute approximate surface area is 111 Å². The highest BCUT2D eigenvalue weighted by atomic mass is 16.2. The maximum atomic E-state index is 12.1. The first-order valence-electron chi connectivity index (χ1n) is 5.94. The molecular formula is C14H14N2O3. The molecule has 0 unspecified atom stereocenters. The van der Waals surface area contributed by atoms with Crippen molar-refractivity contribution < 1.29 is 14.4 Å². The van der Waals surface area contributed by atoms with E-state index < -0.39 is 5.91 Å². The third-order valence-corrected chi connectivity index (χ3v) is 2.97. The van der Waals surface area contributed by atoms with E-state index in [1.807, 2.05) is 6.07 Å². The number of nitrogens with zero attached hydrogens (tertiary/aromatic N) is 2. The molecule has 1 heterocycles. The first-order chi connectivity index (χ1) is 9.13. The van der Waals surface area contributed by atoms with Crippen LogP contribution in [0.4, 0.5) is 0 Å². The van der Waals surface area contributed by atoms with Crippen LogP contribution in [0.5, 0.6) is 0 Å². The minimum Gasteiger partial charge on any atom is -0.328 e. The Morgan fingerprint density at radius 3 is 2.42 bits per heavy atom. The molecule has 0 spiro atoms. The summed E-state index contributed by atoms with van der Waals surface area (Å²) in [5.74, 6) is -0.989. The van der Waals surface area contributed by atoms with E-state index in [9.17, 15) is 14.4 Å². The fourth-order valence-electron chi connectivity index (χ4n) is 1.95. The number of rotatable bonds is 2. The summed E-state index contributed by atoms with van der Waals surface area (Å²) in [6.07, 6.45) is 1.10. The van der Waals surface area contributed by atoms with Gasteiger partial charge in [0.05, 0.1) is 0 Å². The summed E-state index contributed by atoms with van der Waals surface area (Å²) in [7, 11) is 0. The van der Waals surface area contributed by atoms with Crippen LogP contribution in [0.15, 0.2) is 43.0 Å². The highest BCUT2D eigenvalue weighted by Crippen LogP contribution is 2.09. The monoisotopic (exact) mass is 258 g/mol. The van der Waals surface area contributed by atoms with Crippen LogP contribution in [-0.2, 0) is 9.59 Å². The van der Waals surface area contributed by atoms with Crippen molar-refractivity contribution in [3.05, 3.63) is 48.6 Å². The van der Waals surface area contributed by atoms with Crippen LogP contribution in [0.1, 0.15) is 10.4 Å². The summed E-state index contributed by atoms with van der Waals surface area (Å²) in [6, 6.07) is 8.77. The van der Waals surface area contributed by atoms with Gasteiger partial charge < -0.3 is 4.90 Å². The van der Waals surface area contributed by atoms with Gasteiger partial charge in [0, 0.05) is 18.7 Å². The SMILES string of the molecule is C=CC(=O)N1CCN(C(=O)c2ccccc2)CC1=O. The van der Waals surface area contributed by atoms with Crippen molar-refractivity contribution in [1.82, 2.24) is 9.80 Å². The number of piperazine rings is 1. The lowest BCUT2D eigenvalue weighted by Crippen LogP contribution is -2.53. The number of benzene rings is 1. The van der Waals surface area contributed by atoms with Gasteiger partial charge in [-0.15, -0.1) is 0 Å². The van der Waals surface area contributed by atoms with Crippen molar-refractivity contribution in [1.29, 1.82) is 0 Å². The van der Waals surface area contributed by atoms with Gasteiger partial charge in [0.2, 0.25) is 5.91 Å². The number of hydrogen-bond donors (Lipinski definition) is 0. The quantitative estimate of drug-likeness (QED) is 0.733. The van der Waals surface area contributed by atoms with Gasteiger partial charge in [-0.1, -0.05) is 24.8 Å². The standard InChI is InChI=1S/C14H14N2O3/c1-2-12(17)16-9-8-15(10-13(16)18)14(19)11-6-4-3-5-7-11/h2-7H,1,8-10H2. The second-order valence-corrected chi connectivity index (χ2v) is 4.18. The van der Waals surface area contributed by atoms with Crippen LogP contribution in [0, 0.1) is 0 Å². The normalized spacial score (nSPS) is 15.3. The molecule has 1 fully saturated rings. The molecule has 5 nitrogen and oxygen atoms in total. The Morgan fingerprint density at radius 2 is 1.84 bits per heavy atom. The van der Waals surface area contributed by atoms with Gasteiger partial charge >= 0.3 is 0 Å². The molecule has 3 amide bonds. The van der Waals surface area contributed by atoms with Gasteiger partial charge in [-0.05, 0) is 18.2 Å². The lowest BCUT2D eigenvalue weighted by atomic mass is 10.2. The first-order valence-corrected chi connectivity index (χ1v) is 5.94. The van der Waals surface area contributed by atoms with E-state index in [-0.39, 0.29) is 24.9 Å². The maximum absolute atomic E-state index is 12.1. The molecule has 5 heteroatoms. The second-order valence-electron chi connectivity index (χ2n) is 4.18. The van der Waals surface area contributed by atoms with Gasteiger partial charge in [-0.2, -0.15) is 0 Å². The lowest BCUT2D eigenvalue weighted by molar-refractivity contribution is -0.145. The van der Waals surface area contributed by atoms with Gasteiger partial charge in [0.25, 0.3) is 11.8 Å². The van der Waals surface area contributed by atoms with Crippen LogP contribution >= 0.6 is 0 Å². The average Bonchev–Trinajstić information content (AvgIpc) is 2.46. The minimum atomic E-state index is -0.420. The molecule has 1 saturated heterocycles. The predicted octanol–water partition coefficient (Wildman–Crippen LogP) is 0.684. The predicted molar refractivity (Wildman–Crippen MR) is 69.3 cm³/mol. The van der Waals surface area contributed by atoms with E-state index in [4.69, 9.17) is 0 Å². The largest absolute Gasteiger partial charge is 0.328 e. The van der Waals surface area contributed by atoms with Crippen LogP contribution in [0.2, 0.25) is 0 Å². The molecule has 0 bridgehead atoms. The van der Waals surface area contributed by atoms with Crippen molar-refractivity contribution in [3.8, 4) is 0 Å². The van der Waals surface area contributed by atoms with Crippen molar-refractivity contribution >= 4 is 17.7 Å². The minimum absolute atomic E-state index is 0.0761. The number of imide groups is 1. The zero-order chi connectivity index (χ0) is 13.8. The van der Waals surface area contributed by atoms with Crippen LogP contribution < -0.4 is 0 Å². The van der Waals surface area contributed by atoms with Gasteiger partial charge in [0.1, 0.15) is 6.54 Å². The van der Waals surface area contributed by atoms with Crippen molar-refractivity contribution in [2.24, 2.45) is 0 Å². The molecule has 0 N–H and O–H groups in total. The average molecular weight is 258 g/mol. The highest BCUT2D eigenvalue weighted by Gasteiger charge is 2.30. The van der Waals surface area contributed by atoms with E-state index in [1.54, 1.807) is 24.3 Å². The van der Waals surface area contributed by atoms with Crippen molar-refractivity contribution in [3.63, 3.8) is 0 Å². The number of carbonyl (C=O) groups excluding carboxylic acids is 3. The first kappa shape index (κ1) is 13.0. The molecule has 1 aliphatic heterocycles. The molecule has 98 valence electrons. The Bertz CT molecular complexity index is 525.